The van der Waals surface area contributed by atoms with E-state index in [4.69, 9.17) is 0 Å². The third-order valence-electron chi connectivity index (χ3n) is 5.85. The van der Waals surface area contributed by atoms with Gasteiger partial charge in [0.2, 0.25) is 5.91 Å². The van der Waals surface area contributed by atoms with Crippen LogP contribution in [0.2, 0.25) is 0 Å². The Labute approximate surface area is 202 Å². The molecule has 166 valence electrons. The van der Waals surface area contributed by atoms with Gasteiger partial charge in [-0.3, -0.25) is 9.59 Å². The van der Waals surface area contributed by atoms with Gasteiger partial charge in [0, 0.05) is 21.4 Å². The zero-order chi connectivity index (χ0) is 22.9. The first-order valence-corrected chi connectivity index (χ1v) is 12.4. The van der Waals surface area contributed by atoms with Gasteiger partial charge in [0.05, 0.1) is 11.6 Å². The van der Waals surface area contributed by atoms with Gasteiger partial charge in [-0.1, -0.05) is 42.5 Å². The van der Waals surface area contributed by atoms with E-state index in [-0.39, 0.29) is 24.4 Å². The Kier molecular flexibility index (Phi) is 6.54. The van der Waals surface area contributed by atoms with E-state index in [0.717, 1.165) is 16.5 Å². The molecule has 1 aliphatic heterocycles. The molecule has 0 saturated carbocycles. The Hall–Kier alpha value is -2.44. The van der Waals surface area contributed by atoms with Gasteiger partial charge in [-0.2, -0.15) is 0 Å². The number of benzene rings is 2. The molecule has 0 bridgehead atoms. The van der Waals surface area contributed by atoms with Crippen molar-refractivity contribution >= 4 is 39.1 Å². The largest absolute Gasteiger partial charge is 0.330 e. The average Bonchev–Trinajstić information content (AvgIpc) is 3.25. The van der Waals surface area contributed by atoms with Crippen molar-refractivity contribution in [3.63, 3.8) is 0 Å². The lowest BCUT2D eigenvalue weighted by Crippen LogP contribution is -2.52. The topological polar surface area (TPSA) is 40.6 Å². The number of amides is 2. The number of carbonyl (C=O) groups is 2. The quantitative estimate of drug-likeness (QED) is 0.436. The van der Waals surface area contributed by atoms with E-state index in [1.165, 1.54) is 10.4 Å². The van der Waals surface area contributed by atoms with Crippen LogP contribution in [0.4, 0.5) is 0 Å². The lowest BCUT2D eigenvalue weighted by molar-refractivity contribution is -0.135. The fourth-order valence-electron chi connectivity index (χ4n) is 4.20. The van der Waals surface area contributed by atoms with Crippen LogP contribution < -0.4 is 0 Å². The molecule has 32 heavy (non-hydrogen) atoms. The normalized spacial score (nSPS) is 15.9. The molecule has 6 heteroatoms. The second-order valence-corrected chi connectivity index (χ2v) is 10.8. The summed E-state index contributed by atoms with van der Waals surface area (Å²) in [5.41, 5.74) is 2.35. The summed E-state index contributed by atoms with van der Waals surface area (Å²) >= 11 is 5.24. The smallest absolute Gasteiger partial charge is 0.255 e. The molecule has 2 aromatic carbocycles. The van der Waals surface area contributed by atoms with Crippen LogP contribution in [0.3, 0.4) is 0 Å². The van der Waals surface area contributed by atoms with Gasteiger partial charge in [-0.15, -0.1) is 11.3 Å². The molecular formula is C26H27BrN2O2S. The maximum Gasteiger partial charge on any atom is 0.255 e. The summed E-state index contributed by atoms with van der Waals surface area (Å²) in [6.07, 6.45) is 0.843. The minimum absolute atomic E-state index is 0.0342. The second kappa shape index (κ2) is 9.20. The van der Waals surface area contributed by atoms with Crippen molar-refractivity contribution in [2.24, 2.45) is 0 Å². The molecule has 0 aliphatic carbocycles. The summed E-state index contributed by atoms with van der Waals surface area (Å²) < 4.78 is 0.731. The van der Waals surface area contributed by atoms with Crippen LogP contribution in [0.1, 0.15) is 53.2 Å². The Bertz CT molecular complexity index is 1120. The van der Waals surface area contributed by atoms with Gasteiger partial charge < -0.3 is 9.80 Å². The Morgan fingerprint density at radius 2 is 1.75 bits per heavy atom. The van der Waals surface area contributed by atoms with Crippen molar-refractivity contribution in [1.29, 1.82) is 0 Å². The van der Waals surface area contributed by atoms with E-state index in [1.54, 1.807) is 22.3 Å². The van der Waals surface area contributed by atoms with E-state index in [1.807, 2.05) is 62.1 Å². The van der Waals surface area contributed by atoms with Crippen molar-refractivity contribution in [2.45, 2.75) is 38.8 Å². The van der Waals surface area contributed by atoms with Gasteiger partial charge in [0.25, 0.3) is 5.91 Å². The summed E-state index contributed by atoms with van der Waals surface area (Å²) in [5.74, 6) is -0.186. The molecule has 1 unspecified atom stereocenters. The summed E-state index contributed by atoms with van der Waals surface area (Å²) in [7, 11) is 0. The summed E-state index contributed by atoms with van der Waals surface area (Å²) in [6.45, 7) is 6.59. The van der Waals surface area contributed by atoms with Crippen LogP contribution in [0.25, 0.3) is 0 Å². The molecule has 4 nitrogen and oxygen atoms in total. The van der Waals surface area contributed by atoms with Crippen molar-refractivity contribution < 1.29 is 9.59 Å². The fraction of sp³-hybridized carbons (Fsp3) is 0.308. The highest BCUT2D eigenvalue weighted by Crippen LogP contribution is 2.38. The van der Waals surface area contributed by atoms with E-state index in [2.05, 4.69) is 39.5 Å². The molecular weight excluding hydrogens is 484 g/mol. The molecule has 1 atom stereocenters. The monoisotopic (exact) mass is 510 g/mol. The lowest BCUT2D eigenvalue weighted by atomic mass is 9.93. The molecule has 0 saturated heterocycles. The van der Waals surface area contributed by atoms with Crippen LogP contribution in [0.15, 0.2) is 70.5 Å². The van der Waals surface area contributed by atoms with Crippen LogP contribution in [-0.4, -0.2) is 40.2 Å². The molecule has 2 heterocycles. The SMILES string of the molecule is CC(C)(C)N(CC(=O)N1CCc2sccc2C1c1ccccc1)C(=O)c1ccccc1Br. The first kappa shape index (κ1) is 22.7. The van der Waals surface area contributed by atoms with E-state index in [0.29, 0.717) is 12.1 Å². The number of rotatable bonds is 4. The number of hydrogen-bond acceptors (Lipinski definition) is 3. The summed E-state index contributed by atoms with van der Waals surface area (Å²) in [4.78, 5) is 32.1. The van der Waals surface area contributed by atoms with Gasteiger partial charge in [-0.05, 0) is 77.8 Å². The standard InChI is InChI=1S/C26H27BrN2O2S/c1-26(2,3)29(25(31)19-11-7-8-12-21(19)27)17-23(30)28-15-13-22-20(14-16-32-22)24(28)18-9-5-4-6-10-18/h4-12,14,16,24H,13,15,17H2,1-3H3. The number of fused-ring (bicyclic) bond motifs is 1. The summed E-state index contributed by atoms with van der Waals surface area (Å²) in [6, 6.07) is 19.5. The second-order valence-electron chi connectivity index (χ2n) is 8.99. The Morgan fingerprint density at radius 1 is 1.06 bits per heavy atom. The van der Waals surface area contributed by atoms with E-state index < -0.39 is 5.54 Å². The first-order valence-electron chi connectivity index (χ1n) is 10.7. The minimum atomic E-state index is -0.506. The Balaban J connectivity index is 1.66. The third-order valence-corrected chi connectivity index (χ3v) is 7.54. The Morgan fingerprint density at radius 3 is 2.44 bits per heavy atom. The van der Waals surface area contributed by atoms with Gasteiger partial charge in [-0.25, -0.2) is 0 Å². The van der Waals surface area contributed by atoms with Crippen molar-refractivity contribution in [1.82, 2.24) is 9.80 Å². The molecule has 0 radical (unpaired) electrons. The van der Waals surface area contributed by atoms with Crippen molar-refractivity contribution in [3.8, 4) is 0 Å². The van der Waals surface area contributed by atoms with Crippen LogP contribution in [0.5, 0.6) is 0 Å². The molecule has 3 aromatic rings. The zero-order valence-corrected chi connectivity index (χ0v) is 20.9. The highest BCUT2D eigenvalue weighted by atomic mass is 79.9. The molecule has 0 N–H and O–H groups in total. The highest BCUT2D eigenvalue weighted by molar-refractivity contribution is 9.10. The van der Waals surface area contributed by atoms with Gasteiger partial charge >= 0.3 is 0 Å². The van der Waals surface area contributed by atoms with Crippen LogP contribution >= 0.6 is 27.3 Å². The van der Waals surface area contributed by atoms with Gasteiger partial charge in [0.15, 0.2) is 0 Å². The molecule has 0 fully saturated rings. The predicted molar refractivity (Wildman–Crippen MR) is 133 cm³/mol. The van der Waals surface area contributed by atoms with E-state index in [9.17, 15) is 9.59 Å². The summed E-state index contributed by atoms with van der Waals surface area (Å²) in [5, 5.41) is 2.10. The lowest BCUT2D eigenvalue weighted by Gasteiger charge is -2.40. The molecule has 2 amide bonds. The fourth-order valence-corrected chi connectivity index (χ4v) is 5.56. The zero-order valence-electron chi connectivity index (χ0n) is 18.5. The van der Waals surface area contributed by atoms with Crippen molar-refractivity contribution in [3.05, 3.63) is 92.1 Å². The van der Waals surface area contributed by atoms with Gasteiger partial charge in [0.1, 0.15) is 6.54 Å². The van der Waals surface area contributed by atoms with Crippen LogP contribution in [-0.2, 0) is 11.2 Å². The predicted octanol–water partition coefficient (Wildman–Crippen LogP) is 5.93. The highest BCUT2D eigenvalue weighted by Gasteiger charge is 2.36. The number of hydrogen-bond donors (Lipinski definition) is 0. The maximum absolute atomic E-state index is 13.7. The molecule has 0 spiro atoms. The number of carbonyl (C=O) groups excluding carboxylic acids is 2. The maximum atomic E-state index is 13.7. The molecule has 1 aliphatic rings. The first-order chi connectivity index (χ1) is 15.3. The van der Waals surface area contributed by atoms with Crippen molar-refractivity contribution in [2.75, 3.05) is 13.1 Å². The average molecular weight is 511 g/mol. The molecule has 4 rings (SSSR count). The third kappa shape index (κ3) is 4.52. The number of nitrogens with zero attached hydrogens (tertiary/aromatic N) is 2. The van der Waals surface area contributed by atoms with E-state index >= 15 is 0 Å². The number of thiophene rings is 1. The molecule has 1 aromatic heterocycles. The van der Waals surface area contributed by atoms with Crippen LogP contribution in [0, 0.1) is 0 Å². The minimum Gasteiger partial charge on any atom is -0.330 e. The number of halogens is 1.